The SMILES string of the molecule is CCCCCCCCc1ccc(F)c(C)c1. The molecule has 0 spiro atoms. The van der Waals surface area contributed by atoms with Crippen LogP contribution in [0.3, 0.4) is 0 Å². The standard InChI is InChI=1S/C15H23F/c1-3-4-5-6-7-8-9-14-10-11-15(16)13(2)12-14/h10-12H,3-9H2,1-2H3. The lowest BCUT2D eigenvalue weighted by Crippen LogP contribution is -1.89. The Morgan fingerprint density at radius 2 is 1.69 bits per heavy atom. The van der Waals surface area contributed by atoms with Crippen molar-refractivity contribution in [2.45, 2.75) is 58.8 Å². The van der Waals surface area contributed by atoms with Crippen molar-refractivity contribution >= 4 is 0 Å². The topological polar surface area (TPSA) is 0 Å². The van der Waals surface area contributed by atoms with Gasteiger partial charge in [-0.25, -0.2) is 4.39 Å². The highest BCUT2D eigenvalue weighted by atomic mass is 19.1. The number of benzene rings is 1. The second-order valence-corrected chi connectivity index (χ2v) is 4.60. The Bertz CT molecular complexity index is 304. The Morgan fingerprint density at radius 1 is 1.00 bits per heavy atom. The van der Waals surface area contributed by atoms with Crippen molar-refractivity contribution in [2.24, 2.45) is 0 Å². The minimum absolute atomic E-state index is 0.0910. The number of hydrogen-bond acceptors (Lipinski definition) is 0. The molecule has 0 fully saturated rings. The second-order valence-electron chi connectivity index (χ2n) is 4.60. The summed E-state index contributed by atoms with van der Waals surface area (Å²) in [5.41, 5.74) is 2.04. The van der Waals surface area contributed by atoms with Gasteiger partial charge in [0.15, 0.2) is 0 Å². The quantitative estimate of drug-likeness (QED) is 0.567. The molecule has 0 atom stereocenters. The van der Waals surface area contributed by atoms with Crippen molar-refractivity contribution in [3.05, 3.63) is 35.1 Å². The van der Waals surface area contributed by atoms with Gasteiger partial charge in [0.2, 0.25) is 0 Å². The molecule has 0 saturated carbocycles. The van der Waals surface area contributed by atoms with E-state index in [0.29, 0.717) is 0 Å². The zero-order valence-corrected chi connectivity index (χ0v) is 10.6. The van der Waals surface area contributed by atoms with Crippen LogP contribution in [0.1, 0.15) is 56.6 Å². The average molecular weight is 222 g/mol. The van der Waals surface area contributed by atoms with Crippen LogP contribution in [0.2, 0.25) is 0 Å². The minimum atomic E-state index is -0.0910. The van der Waals surface area contributed by atoms with E-state index in [1.165, 1.54) is 44.1 Å². The lowest BCUT2D eigenvalue weighted by Gasteiger charge is -2.04. The highest BCUT2D eigenvalue weighted by molar-refractivity contribution is 5.23. The summed E-state index contributed by atoms with van der Waals surface area (Å²) in [5, 5.41) is 0. The van der Waals surface area contributed by atoms with E-state index in [1.54, 1.807) is 6.07 Å². The summed E-state index contributed by atoms with van der Waals surface area (Å²) in [6.07, 6.45) is 8.98. The molecular formula is C15H23F. The molecule has 0 heterocycles. The summed E-state index contributed by atoms with van der Waals surface area (Å²) in [4.78, 5) is 0. The van der Waals surface area contributed by atoms with E-state index in [4.69, 9.17) is 0 Å². The van der Waals surface area contributed by atoms with Gasteiger partial charge >= 0.3 is 0 Å². The fraction of sp³-hybridized carbons (Fsp3) is 0.600. The molecule has 0 amide bonds. The fourth-order valence-corrected chi connectivity index (χ4v) is 1.97. The van der Waals surface area contributed by atoms with E-state index < -0.39 is 0 Å². The predicted octanol–water partition coefficient (Wildman–Crippen LogP) is 5.04. The Balaban J connectivity index is 2.19. The molecule has 0 saturated heterocycles. The number of rotatable bonds is 7. The molecule has 0 aliphatic carbocycles. The van der Waals surface area contributed by atoms with Gasteiger partial charge in [0.05, 0.1) is 0 Å². The third-order valence-corrected chi connectivity index (χ3v) is 3.04. The van der Waals surface area contributed by atoms with Crippen molar-refractivity contribution < 1.29 is 4.39 Å². The van der Waals surface area contributed by atoms with Gasteiger partial charge < -0.3 is 0 Å². The van der Waals surface area contributed by atoms with Gasteiger partial charge in [-0.1, -0.05) is 51.2 Å². The minimum Gasteiger partial charge on any atom is -0.207 e. The van der Waals surface area contributed by atoms with Gasteiger partial charge in [0, 0.05) is 0 Å². The van der Waals surface area contributed by atoms with Crippen molar-refractivity contribution in [1.29, 1.82) is 0 Å². The Kier molecular flexibility index (Phi) is 6.14. The highest BCUT2D eigenvalue weighted by Gasteiger charge is 1.99. The third kappa shape index (κ3) is 4.78. The third-order valence-electron chi connectivity index (χ3n) is 3.04. The second kappa shape index (κ2) is 7.43. The van der Waals surface area contributed by atoms with E-state index in [9.17, 15) is 4.39 Å². The first-order valence-electron chi connectivity index (χ1n) is 6.49. The van der Waals surface area contributed by atoms with Crippen LogP contribution >= 0.6 is 0 Å². The molecule has 0 aliphatic rings. The van der Waals surface area contributed by atoms with Gasteiger partial charge in [-0.05, 0) is 37.0 Å². The number of aryl methyl sites for hydroxylation is 2. The summed E-state index contributed by atoms with van der Waals surface area (Å²) >= 11 is 0. The normalized spacial score (nSPS) is 10.7. The lowest BCUT2D eigenvalue weighted by atomic mass is 10.0. The van der Waals surface area contributed by atoms with Gasteiger partial charge in [-0.2, -0.15) is 0 Å². The summed E-state index contributed by atoms with van der Waals surface area (Å²) in [6, 6.07) is 5.47. The zero-order valence-electron chi connectivity index (χ0n) is 10.6. The molecule has 0 N–H and O–H groups in total. The highest BCUT2D eigenvalue weighted by Crippen LogP contribution is 2.13. The summed E-state index contributed by atoms with van der Waals surface area (Å²) in [7, 11) is 0. The molecule has 0 aliphatic heterocycles. The van der Waals surface area contributed by atoms with E-state index >= 15 is 0 Å². The monoisotopic (exact) mass is 222 g/mol. The number of halogens is 1. The van der Waals surface area contributed by atoms with Crippen LogP contribution in [0.25, 0.3) is 0 Å². The first kappa shape index (κ1) is 13.2. The Morgan fingerprint density at radius 3 is 2.38 bits per heavy atom. The van der Waals surface area contributed by atoms with Crippen LogP contribution in [0.15, 0.2) is 18.2 Å². The molecule has 1 rings (SSSR count). The van der Waals surface area contributed by atoms with Crippen molar-refractivity contribution in [2.75, 3.05) is 0 Å². The van der Waals surface area contributed by atoms with Crippen molar-refractivity contribution in [3.8, 4) is 0 Å². The van der Waals surface area contributed by atoms with E-state index in [1.807, 2.05) is 19.1 Å². The molecule has 1 heteroatoms. The fourth-order valence-electron chi connectivity index (χ4n) is 1.97. The molecule has 0 radical (unpaired) electrons. The van der Waals surface area contributed by atoms with Crippen molar-refractivity contribution in [3.63, 3.8) is 0 Å². The molecule has 0 aromatic heterocycles. The first-order valence-corrected chi connectivity index (χ1v) is 6.49. The van der Waals surface area contributed by atoms with E-state index in [0.717, 1.165) is 12.0 Å². The van der Waals surface area contributed by atoms with Gasteiger partial charge in [0.25, 0.3) is 0 Å². The first-order chi connectivity index (χ1) is 7.74. The van der Waals surface area contributed by atoms with Crippen LogP contribution < -0.4 is 0 Å². The largest absolute Gasteiger partial charge is 0.207 e. The van der Waals surface area contributed by atoms with Crippen LogP contribution in [-0.4, -0.2) is 0 Å². The number of unbranched alkanes of at least 4 members (excludes halogenated alkanes) is 5. The molecular weight excluding hydrogens is 199 g/mol. The maximum Gasteiger partial charge on any atom is 0.126 e. The van der Waals surface area contributed by atoms with Crippen LogP contribution in [0, 0.1) is 12.7 Å². The Labute approximate surface area is 98.9 Å². The number of hydrogen-bond donors (Lipinski definition) is 0. The molecule has 0 bridgehead atoms. The average Bonchev–Trinajstić information content (AvgIpc) is 2.28. The van der Waals surface area contributed by atoms with E-state index in [-0.39, 0.29) is 5.82 Å². The van der Waals surface area contributed by atoms with Gasteiger partial charge in [-0.15, -0.1) is 0 Å². The molecule has 1 aromatic carbocycles. The molecule has 0 unspecified atom stereocenters. The smallest absolute Gasteiger partial charge is 0.126 e. The summed E-state index contributed by atoms with van der Waals surface area (Å²) in [6.45, 7) is 4.07. The molecule has 1 aromatic rings. The van der Waals surface area contributed by atoms with Crippen LogP contribution in [0.4, 0.5) is 4.39 Å². The maximum absolute atomic E-state index is 13.0. The van der Waals surface area contributed by atoms with Crippen LogP contribution in [-0.2, 0) is 6.42 Å². The molecule has 0 nitrogen and oxygen atoms in total. The van der Waals surface area contributed by atoms with Gasteiger partial charge in [0.1, 0.15) is 5.82 Å². The summed E-state index contributed by atoms with van der Waals surface area (Å²) in [5.74, 6) is -0.0910. The van der Waals surface area contributed by atoms with Crippen LogP contribution in [0.5, 0.6) is 0 Å². The van der Waals surface area contributed by atoms with Gasteiger partial charge in [-0.3, -0.25) is 0 Å². The maximum atomic E-state index is 13.0. The van der Waals surface area contributed by atoms with Crippen molar-refractivity contribution in [1.82, 2.24) is 0 Å². The summed E-state index contributed by atoms with van der Waals surface area (Å²) < 4.78 is 13.0. The molecule has 16 heavy (non-hydrogen) atoms. The zero-order chi connectivity index (χ0) is 11.8. The Hall–Kier alpha value is -0.850. The lowest BCUT2D eigenvalue weighted by molar-refractivity contribution is 0.603. The molecule has 90 valence electrons. The predicted molar refractivity (Wildman–Crippen MR) is 68.2 cm³/mol. The van der Waals surface area contributed by atoms with E-state index in [2.05, 4.69) is 6.92 Å².